The molecule has 1 aromatic carbocycles. The van der Waals surface area contributed by atoms with Crippen molar-refractivity contribution in [1.82, 2.24) is 9.47 Å². The summed E-state index contributed by atoms with van der Waals surface area (Å²) in [6.07, 6.45) is 5.62. The molecule has 2 aromatic heterocycles. The van der Waals surface area contributed by atoms with E-state index in [0.29, 0.717) is 55.1 Å². The zero-order valence-electron chi connectivity index (χ0n) is 23.8. The maximum Gasteiger partial charge on any atom is 0.339 e. The van der Waals surface area contributed by atoms with Gasteiger partial charge < -0.3 is 23.4 Å². The summed E-state index contributed by atoms with van der Waals surface area (Å²) >= 11 is 0. The van der Waals surface area contributed by atoms with Crippen LogP contribution in [-0.2, 0) is 30.6 Å². The first-order valence-electron chi connectivity index (χ1n) is 14.7. The van der Waals surface area contributed by atoms with Crippen LogP contribution in [0.3, 0.4) is 0 Å². The molecule has 0 saturated carbocycles. The molecule has 5 heterocycles. The highest BCUT2D eigenvalue weighted by molar-refractivity contribution is 5.93. The molecule has 7 rings (SSSR count). The monoisotopic (exact) mass is 575 g/mol. The number of nitrogens with zero attached hydrogens (tertiary/aromatic N) is 3. The Morgan fingerprint density at radius 2 is 1.88 bits per heavy atom. The Morgan fingerprint density at radius 1 is 1.10 bits per heavy atom. The second kappa shape index (κ2) is 9.71. The Bertz CT molecular complexity index is 1770. The van der Waals surface area contributed by atoms with Gasteiger partial charge in [-0.1, -0.05) is 0 Å². The molecule has 3 aliphatic heterocycles. The van der Waals surface area contributed by atoms with Crippen molar-refractivity contribution in [2.24, 2.45) is 5.92 Å². The van der Waals surface area contributed by atoms with Crippen molar-refractivity contribution in [2.75, 3.05) is 19.7 Å². The van der Waals surface area contributed by atoms with Crippen molar-refractivity contribution in [3.05, 3.63) is 71.5 Å². The maximum atomic E-state index is 13.5. The zero-order chi connectivity index (χ0) is 29.3. The fourth-order valence-electron chi connectivity index (χ4n) is 7.34. The molecular weight excluding hydrogens is 542 g/mol. The smallest absolute Gasteiger partial charge is 0.339 e. The Hall–Kier alpha value is -4.15. The van der Waals surface area contributed by atoms with Crippen LogP contribution >= 0.6 is 0 Å². The minimum atomic E-state index is -0.647. The number of rotatable bonds is 4. The van der Waals surface area contributed by atoms with Gasteiger partial charge >= 0.3 is 16.9 Å². The molecule has 1 aliphatic carbocycles. The fraction of sp³-hybridized carbons (Fsp3) is 0.516. The predicted molar refractivity (Wildman–Crippen MR) is 152 cm³/mol. The van der Waals surface area contributed by atoms with Gasteiger partial charge in [-0.05, 0) is 76.3 Å². The van der Waals surface area contributed by atoms with Gasteiger partial charge in [0.15, 0.2) is 6.61 Å². The van der Waals surface area contributed by atoms with E-state index in [-0.39, 0.29) is 35.6 Å². The number of piperidine rings is 1. The molecule has 0 spiro atoms. The molecule has 220 valence electrons. The number of aryl methyl sites for hydroxylation is 2. The predicted octanol–water partition coefficient (Wildman–Crippen LogP) is 3.87. The van der Waals surface area contributed by atoms with Gasteiger partial charge in [0, 0.05) is 54.5 Å². The Balaban J connectivity index is 1.18. The third-order valence-electron chi connectivity index (χ3n) is 9.37. The quantitative estimate of drug-likeness (QED) is 0.260. The first-order valence-corrected chi connectivity index (χ1v) is 14.7. The van der Waals surface area contributed by atoms with Gasteiger partial charge in [0.1, 0.15) is 22.7 Å². The summed E-state index contributed by atoms with van der Waals surface area (Å²) < 4.78 is 20.0. The van der Waals surface area contributed by atoms with Gasteiger partial charge in [-0.3, -0.25) is 19.7 Å². The second-order valence-electron chi connectivity index (χ2n) is 12.7. The fourth-order valence-corrected chi connectivity index (χ4v) is 7.34. The van der Waals surface area contributed by atoms with Crippen molar-refractivity contribution in [2.45, 2.75) is 76.9 Å². The third-order valence-corrected chi connectivity index (χ3v) is 9.37. The van der Waals surface area contributed by atoms with Crippen LogP contribution in [0.5, 0.6) is 11.5 Å². The van der Waals surface area contributed by atoms with Gasteiger partial charge in [0.2, 0.25) is 0 Å². The molecule has 11 heteroatoms. The van der Waals surface area contributed by atoms with Crippen LogP contribution < -0.4 is 20.7 Å². The molecule has 0 radical (unpaired) electrons. The lowest BCUT2D eigenvalue weighted by molar-refractivity contribution is -0.386. The van der Waals surface area contributed by atoms with E-state index in [1.165, 1.54) is 10.6 Å². The number of benzene rings is 1. The molecule has 1 fully saturated rings. The van der Waals surface area contributed by atoms with Crippen LogP contribution in [0, 0.1) is 16.0 Å². The summed E-state index contributed by atoms with van der Waals surface area (Å²) in [5.41, 5.74) is 2.03. The maximum absolute atomic E-state index is 13.5. The third kappa shape index (κ3) is 4.37. The van der Waals surface area contributed by atoms with E-state index < -0.39 is 16.2 Å². The number of pyridine rings is 1. The number of likely N-dealkylation sites (tertiary alicyclic amines) is 1. The van der Waals surface area contributed by atoms with Crippen LogP contribution in [0.4, 0.5) is 5.69 Å². The van der Waals surface area contributed by atoms with E-state index in [9.17, 15) is 24.5 Å². The van der Waals surface area contributed by atoms with Crippen molar-refractivity contribution < 1.29 is 23.6 Å². The lowest BCUT2D eigenvalue weighted by atomic mass is 9.83. The van der Waals surface area contributed by atoms with Crippen molar-refractivity contribution in [3.63, 3.8) is 0 Å². The molecule has 11 nitrogen and oxygen atoms in total. The van der Waals surface area contributed by atoms with E-state index in [4.69, 9.17) is 13.9 Å². The largest absolute Gasteiger partial charge is 0.487 e. The minimum Gasteiger partial charge on any atom is -0.487 e. The molecule has 42 heavy (non-hydrogen) atoms. The number of fused-ring (bicyclic) bond motifs is 9. The number of hydrogen-bond acceptors (Lipinski definition) is 8. The number of carbonyl (C=O) groups excluding carboxylic acids is 1. The van der Waals surface area contributed by atoms with Gasteiger partial charge in [0.25, 0.3) is 5.91 Å². The number of hydrogen-bond donors (Lipinski definition) is 0. The standard InChI is InChI=1S/C31H33N3O8/c1-31(2)10-9-21-24(42-31)12-25(27-19-5-3-4-6-20(19)30(37)41-28(21)27)40-16-26(35)32-13-17-11-18(15-32)22-7-8-23(34(38)39)29(36)33(22)14-17/h7-8,12,17-18H,3-6,9-11,13-16H2,1-2H3. The molecule has 4 aliphatic rings. The molecule has 1 saturated heterocycles. The zero-order valence-corrected chi connectivity index (χ0v) is 23.8. The lowest BCUT2D eigenvalue weighted by Crippen LogP contribution is -2.50. The van der Waals surface area contributed by atoms with Crippen molar-refractivity contribution in [1.29, 1.82) is 0 Å². The highest BCUT2D eigenvalue weighted by Crippen LogP contribution is 2.44. The number of aromatic nitrogens is 1. The van der Waals surface area contributed by atoms with Crippen LogP contribution in [0.25, 0.3) is 11.0 Å². The number of nitro groups is 1. The van der Waals surface area contributed by atoms with E-state index >= 15 is 0 Å². The highest BCUT2D eigenvalue weighted by atomic mass is 16.6. The summed E-state index contributed by atoms with van der Waals surface area (Å²) in [6, 6.07) is 4.76. The average molecular weight is 576 g/mol. The normalized spacial score (nSPS) is 22.0. The number of carbonyl (C=O) groups is 1. The first kappa shape index (κ1) is 26.7. The van der Waals surface area contributed by atoms with E-state index in [1.54, 1.807) is 11.0 Å². The van der Waals surface area contributed by atoms with E-state index in [1.807, 2.05) is 19.9 Å². The summed E-state index contributed by atoms with van der Waals surface area (Å²) in [6.45, 7) is 5.03. The SMILES string of the molecule is CC1(C)CCc2c(cc(OCC(=O)N3CC4CC(C3)c3ccc([N+](=O)[O-])c(=O)n3C4)c3c4c(c(=O)oc23)CCCC4)O1. The van der Waals surface area contributed by atoms with Gasteiger partial charge in [0.05, 0.1) is 10.3 Å². The van der Waals surface area contributed by atoms with Crippen LogP contribution in [0.2, 0.25) is 0 Å². The van der Waals surface area contributed by atoms with Crippen LogP contribution in [-0.4, -0.2) is 45.6 Å². The molecule has 0 N–H and O–H groups in total. The summed E-state index contributed by atoms with van der Waals surface area (Å²) in [5.74, 6) is 0.848. The van der Waals surface area contributed by atoms with Gasteiger partial charge in [-0.15, -0.1) is 0 Å². The molecule has 3 aromatic rings. The molecule has 2 unspecified atom stereocenters. The average Bonchev–Trinajstić information content (AvgIpc) is 2.95. The molecule has 1 amide bonds. The Labute approximate surface area is 241 Å². The van der Waals surface area contributed by atoms with Crippen LogP contribution in [0.1, 0.15) is 67.8 Å². The lowest BCUT2D eigenvalue weighted by Gasteiger charge is -2.42. The van der Waals surface area contributed by atoms with Gasteiger partial charge in [-0.2, -0.15) is 0 Å². The number of amides is 1. The van der Waals surface area contributed by atoms with E-state index in [2.05, 4.69) is 0 Å². The molecular formula is C31H33N3O8. The molecule has 2 atom stereocenters. The highest BCUT2D eigenvalue weighted by Gasteiger charge is 2.38. The summed E-state index contributed by atoms with van der Waals surface area (Å²) in [5, 5.41) is 12.0. The summed E-state index contributed by atoms with van der Waals surface area (Å²) in [4.78, 5) is 51.6. The minimum absolute atomic E-state index is 0.0152. The Morgan fingerprint density at radius 3 is 2.67 bits per heavy atom. The molecule has 2 bridgehead atoms. The van der Waals surface area contributed by atoms with Crippen molar-refractivity contribution in [3.8, 4) is 11.5 Å². The second-order valence-corrected chi connectivity index (χ2v) is 12.7. The van der Waals surface area contributed by atoms with Crippen molar-refractivity contribution >= 4 is 22.6 Å². The summed E-state index contributed by atoms with van der Waals surface area (Å²) in [7, 11) is 0. The number of ether oxygens (including phenoxy) is 2. The van der Waals surface area contributed by atoms with Crippen LogP contribution in [0.15, 0.2) is 32.2 Å². The van der Waals surface area contributed by atoms with Gasteiger partial charge in [-0.25, -0.2) is 4.79 Å². The first-order chi connectivity index (χ1) is 20.1. The topological polar surface area (TPSA) is 134 Å². The Kier molecular flexibility index (Phi) is 6.18. The van der Waals surface area contributed by atoms with E-state index in [0.717, 1.165) is 54.3 Å².